The molecule has 84 valence electrons. The van der Waals surface area contributed by atoms with Gasteiger partial charge in [-0.2, -0.15) is 0 Å². The Morgan fingerprint density at radius 2 is 1.88 bits per heavy atom. The van der Waals surface area contributed by atoms with E-state index in [0.717, 1.165) is 26.8 Å². The highest BCUT2D eigenvalue weighted by Gasteiger charge is 2.07. The van der Waals surface area contributed by atoms with Crippen LogP contribution in [0.25, 0.3) is 22.3 Å². The molecule has 3 aromatic rings. The van der Waals surface area contributed by atoms with E-state index >= 15 is 0 Å². The van der Waals surface area contributed by atoms with E-state index in [2.05, 4.69) is 30.9 Å². The van der Waals surface area contributed by atoms with Gasteiger partial charge in [0.05, 0.1) is 5.39 Å². The molecule has 0 spiro atoms. The van der Waals surface area contributed by atoms with Crippen molar-refractivity contribution in [2.45, 2.75) is 0 Å². The number of aromatic amines is 1. The van der Waals surface area contributed by atoms with Crippen LogP contribution >= 0.6 is 27.5 Å². The van der Waals surface area contributed by atoms with Crippen molar-refractivity contribution in [3.05, 3.63) is 46.3 Å². The third kappa shape index (κ3) is 1.94. The van der Waals surface area contributed by atoms with E-state index in [1.54, 1.807) is 0 Å². The molecule has 0 bridgehead atoms. The minimum atomic E-state index is 0.467. The van der Waals surface area contributed by atoms with Gasteiger partial charge in [0.1, 0.15) is 17.1 Å². The lowest BCUT2D eigenvalue weighted by Gasteiger charge is -1.96. The van der Waals surface area contributed by atoms with Crippen LogP contribution in [0.1, 0.15) is 0 Å². The van der Waals surface area contributed by atoms with Crippen LogP contribution in [0, 0.1) is 0 Å². The van der Waals surface area contributed by atoms with Gasteiger partial charge in [0.2, 0.25) is 0 Å². The average Bonchev–Trinajstić information content (AvgIpc) is 2.75. The molecule has 1 N–H and O–H groups in total. The molecule has 3 nitrogen and oxygen atoms in total. The lowest BCUT2D eigenvalue weighted by molar-refractivity contribution is 1.20. The second-order valence-electron chi connectivity index (χ2n) is 3.62. The summed E-state index contributed by atoms with van der Waals surface area (Å²) in [5.41, 5.74) is 2.82. The van der Waals surface area contributed by atoms with Crippen LogP contribution in [0.5, 0.6) is 0 Å². The summed E-state index contributed by atoms with van der Waals surface area (Å²) in [6.07, 6.45) is 1.45. The third-order valence-corrected chi connectivity index (χ3v) is 3.36. The lowest BCUT2D eigenvalue weighted by atomic mass is 10.1. The molecule has 17 heavy (non-hydrogen) atoms. The van der Waals surface area contributed by atoms with E-state index in [1.807, 2.05) is 30.3 Å². The zero-order valence-corrected chi connectivity index (χ0v) is 11.0. The van der Waals surface area contributed by atoms with E-state index in [1.165, 1.54) is 6.33 Å². The van der Waals surface area contributed by atoms with Crippen molar-refractivity contribution in [2.24, 2.45) is 0 Å². The van der Waals surface area contributed by atoms with E-state index in [4.69, 9.17) is 11.6 Å². The van der Waals surface area contributed by atoms with Gasteiger partial charge in [-0.15, -0.1) is 0 Å². The number of halogens is 2. The Balaban J connectivity index is 2.18. The number of H-pyrrole nitrogens is 1. The van der Waals surface area contributed by atoms with E-state index in [9.17, 15) is 0 Å². The topological polar surface area (TPSA) is 41.6 Å². The molecule has 1 aromatic carbocycles. The van der Waals surface area contributed by atoms with Crippen LogP contribution in [0.3, 0.4) is 0 Å². The first kappa shape index (κ1) is 10.7. The Labute approximate surface area is 111 Å². The molecule has 0 aliphatic carbocycles. The Hall–Kier alpha value is -1.39. The number of hydrogen-bond donors (Lipinski definition) is 1. The third-order valence-electron chi connectivity index (χ3n) is 2.53. The van der Waals surface area contributed by atoms with Gasteiger partial charge in [-0.25, -0.2) is 9.97 Å². The normalized spacial score (nSPS) is 10.9. The minimum absolute atomic E-state index is 0.467. The number of rotatable bonds is 1. The molecule has 2 heterocycles. The highest BCUT2D eigenvalue weighted by atomic mass is 79.9. The van der Waals surface area contributed by atoms with Crippen LogP contribution in [0.4, 0.5) is 0 Å². The molecular formula is C12H7BrClN3. The van der Waals surface area contributed by atoms with Gasteiger partial charge < -0.3 is 4.98 Å². The molecule has 2 aromatic heterocycles. The number of fused-ring (bicyclic) bond motifs is 1. The highest BCUT2D eigenvalue weighted by Crippen LogP contribution is 2.27. The van der Waals surface area contributed by atoms with E-state index in [-0.39, 0.29) is 0 Å². The molecule has 0 aliphatic rings. The molecule has 0 fully saturated rings. The SMILES string of the molecule is Clc1ncnc2[nH]c(-c3ccc(Br)cc3)cc12. The predicted octanol–water partition coefficient (Wildman–Crippen LogP) is 4.04. The van der Waals surface area contributed by atoms with Crippen molar-refractivity contribution in [1.82, 2.24) is 15.0 Å². The average molecular weight is 309 g/mol. The van der Waals surface area contributed by atoms with Crippen molar-refractivity contribution in [3.63, 3.8) is 0 Å². The Kier molecular flexibility index (Phi) is 2.61. The maximum absolute atomic E-state index is 6.00. The molecule has 0 unspecified atom stereocenters. The first-order valence-corrected chi connectivity index (χ1v) is 6.16. The molecule has 3 rings (SSSR count). The molecule has 5 heteroatoms. The summed E-state index contributed by atoms with van der Waals surface area (Å²) in [4.78, 5) is 11.3. The zero-order valence-electron chi connectivity index (χ0n) is 8.61. The number of hydrogen-bond acceptors (Lipinski definition) is 2. The first-order chi connectivity index (χ1) is 8.24. The predicted molar refractivity (Wildman–Crippen MR) is 72.0 cm³/mol. The quantitative estimate of drug-likeness (QED) is 0.689. The Morgan fingerprint density at radius 1 is 1.12 bits per heavy atom. The van der Waals surface area contributed by atoms with Crippen LogP contribution < -0.4 is 0 Å². The van der Waals surface area contributed by atoms with Crippen LogP contribution in [0.15, 0.2) is 41.1 Å². The van der Waals surface area contributed by atoms with Crippen molar-refractivity contribution in [3.8, 4) is 11.3 Å². The lowest BCUT2D eigenvalue weighted by Crippen LogP contribution is -1.80. The zero-order chi connectivity index (χ0) is 11.8. The van der Waals surface area contributed by atoms with Crippen molar-refractivity contribution in [1.29, 1.82) is 0 Å². The summed E-state index contributed by atoms with van der Waals surface area (Å²) in [6.45, 7) is 0. The van der Waals surface area contributed by atoms with Gasteiger partial charge in [-0.3, -0.25) is 0 Å². The number of aromatic nitrogens is 3. The summed E-state index contributed by atoms with van der Waals surface area (Å²) in [5.74, 6) is 0. The maximum Gasteiger partial charge on any atom is 0.142 e. The Morgan fingerprint density at radius 3 is 2.59 bits per heavy atom. The van der Waals surface area contributed by atoms with Gasteiger partial charge in [0, 0.05) is 10.2 Å². The van der Waals surface area contributed by atoms with Crippen LogP contribution in [0.2, 0.25) is 5.15 Å². The number of nitrogens with zero attached hydrogens (tertiary/aromatic N) is 2. The summed E-state index contributed by atoms with van der Waals surface area (Å²) in [6, 6.07) is 10.00. The fourth-order valence-corrected chi connectivity index (χ4v) is 2.15. The summed E-state index contributed by atoms with van der Waals surface area (Å²) < 4.78 is 1.05. The molecule has 0 aliphatic heterocycles. The van der Waals surface area contributed by atoms with Crippen LogP contribution in [-0.2, 0) is 0 Å². The van der Waals surface area contributed by atoms with Gasteiger partial charge in [-0.05, 0) is 23.8 Å². The van der Waals surface area contributed by atoms with Crippen molar-refractivity contribution in [2.75, 3.05) is 0 Å². The first-order valence-electron chi connectivity index (χ1n) is 4.99. The maximum atomic E-state index is 6.00. The molecule has 0 atom stereocenters. The Bertz CT molecular complexity index is 676. The minimum Gasteiger partial charge on any atom is -0.339 e. The fraction of sp³-hybridized carbons (Fsp3) is 0. The van der Waals surface area contributed by atoms with Gasteiger partial charge in [0.15, 0.2) is 0 Å². The second kappa shape index (κ2) is 4.13. The molecule has 0 saturated heterocycles. The highest BCUT2D eigenvalue weighted by molar-refractivity contribution is 9.10. The largest absolute Gasteiger partial charge is 0.339 e. The molecule has 0 saturated carbocycles. The van der Waals surface area contributed by atoms with Crippen molar-refractivity contribution < 1.29 is 0 Å². The van der Waals surface area contributed by atoms with E-state index < -0.39 is 0 Å². The summed E-state index contributed by atoms with van der Waals surface area (Å²) in [5, 5.41) is 1.31. The van der Waals surface area contributed by atoms with Gasteiger partial charge >= 0.3 is 0 Å². The standard InChI is InChI=1S/C12H7BrClN3/c13-8-3-1-7(2-4-8)10-5-9-11(14)15-6-16-12(9)17-10/h1-6H,(H,15,16,17). The summed E-state index contributed by atoms with van der Waals surface area (Å²) >= 11 is 9.42. The number of nitrogens with one attached hydrogen (secondary N) is 1. The fourth-order valence-electron chi connectivity index (χ4n) is 1.69. The number of benzene rings is 1. The van der Waals surface area contributed by atoms with Crippen molar-refractivity contribution >= 4 is 38.6 Å². The smallest absolute Gasteiger partial charge is 0.142 e. The molecular weight excluding hydrogens is 302 g/mol. The molecule has 0 radical (unpaired) electrons. The van der Waals surface area contributed by atoms with Crippen LogP contribution in [-0.4, -0.2) is 15.0 Å². The van der Waals surface area contributed by atoms with Gasteiger partial charge in [-0.1, -0.05) is 39.7 Å². The van der Waals surface area contributed by atoms with E-state index in [0.29, 0.717) is 5.15 Å². The molecule has 0 amide bonds. The monoisotopic (exact) mass is 307 g/mol. The second-order valence-corrected chi connectivity index (χ2v) is 4.89. The van der Waals surface area contributed by atoms with Gasteiger partial charge in [0.25, 0.3) is 0 Å². The summed E-state index contributed by atoms with van der Waals surface area (Å²) in [7, 11) is 0.